The molecule has 2 aliphatic rings. The minimum Gasteiger partial charge on any atom is -0.543 e. The number of hydrogen-bond acceptors (Lipinski definition) is 14. The molecule has 0 aromatic carbocycles. The van der Waals surface area contributed by atoms with Crippen LogP contribution in [-0.4, -0.2) is 70.3 Å². The summed E-state index contributed by atoms with van der Waals surface area (Å²) in [5.41, 5.74) is 5.88. The lowest BCUT2D eigenvalue weighted by Crippen LogP contribution is -2.71. The Morgan fingerprint density at radius 1 is 1.39 bits per heavy atom. The molecule has 2 atom stereocenters. The Morgan fingerprint density at radius 2 is 2.17 bits per heavy atom. The number of amides is 2. The van der Waals surface area contributed by atoms with Crippen LogP contribution in [0.5, 0.6) is 0 Å². The minimum absolute atomic E-state index is 0.0612. The second-order valence-electron chi connectivity index (χ2n) is 7.51. The van der Waals surface area contributed by atoms with E-state index in [1.54, 1.807) is 29.1 Å². The summed E-state index contributed by atoms with van der Waals surface area (Å²) in [6.07, 6.45) is 4.71. The molecule has 0 unspecified atom stereocenters. The predicted octanol–water partition coefficient (Wildman–Crippen LogP) is -2.26. The second kappa shape index (κ2) is 9.34. The molecule has 0 bridgehead atoms. The molecule has 1 saturated heterocycles. The molecule has 3 aromatic rings. The number of aliphatic carboxylic acids is 1. The zero-order chi connectivity index (χ0) is 25.4. The number of fused-ring (bicyclic) bond motifs is 1. The summed E-state index contributed by atoms with van der Waals surface area (Å²) in [6, 6.07) is 2.42. The van der Waals surface area contributed by atoms with Gasteiger partial charge in [-0.2, -0.15) is 14.3 Å². The molecule has 0 spiro atoms. The van der Waals surface area contributed by atoms with Crippen LogP contribution < -0.4 is 20.7 Å². The summed E-state index contributed by atoms with van der Waals surface area (Å²) < 4.78 is 10.6. The number of nitrogens with two attached hydrogens (primary N) is 1. The van der Waals surface area contributed by atoms with Crippen molar-refractivity contribution < 1.29 is 33.8 Å². The highest BCUT2D eigenvalue weighted by Crippen LogP contribution is 2.40. The zero-order valence-electron chi connectivity index (χ0n) is 18.0. The number of rotatable bonds is 7. The molecule has 0 radical (unpaired) electrons. The quantitative estimate of drug-likeness (QED) is 0.0971. The van der Waals surface area contributed by atoms with Crippen molar-refractivity contribution in [3.8, 4) is 11.5 Å². The predicted molar refractivity (Wildman–Crippen MR) is 120 cm³/mol. The lowest BCUT2D eigenvalue weighted by Gasteiger charge is -2.50. The van der Waals surface area contributed by atoms with Crippen molar-refractivity contribution in [1.82, 2.24) is 29.7 Å². The standard InChI is InChI=1S/C19H15N9O6S2/c20-19-24-13(26-36-19)10(25-33)14(29)23-11-16(30)28-12(18(31)32)9(6-35-17(11)28)5-27-3-1-8(2-4-27)15-21-7-22-34-15/h1-4,7,11,17H,5-6H2,(H4-,20,23,24,26,29,31,32,33)/t11-,17+/m1/s1. The molecule has 0 aliphatic carbocycles. The van der Waals surface area contributed by atoms with Crippen molar-refractivity contribution in [3.05, 3.63) is 47.9 Å². The highest BCUT2D eigenvalue weighted by Gasteiger charge is 2.53. The van der Waals surface area contributed by atoms with E-state index in [9.17, 15) is 24.7 Å². The fourth-order valence-corrected chi connectivity index (χ4v) is 5.52. The summed E-state index contributed by atoms with van der Waals surface area (Å²) >= 11 is 2.08. The van der Waals surface area contributed by atoms with E-state index in [1.807, 2.05) is 0 Å². The van der Waals surface area contributed by atoms with Crippen molar-refractivity contribution >= 4 is 51.9 Å². The van der Waals surface area contributed by atoms with E-state index in [-0.39, 0.29) is 29.0 Å². The first kappa shape index (κ1) is 23.4. The Balaban J connectivity index is 1.32. The Morgan fingerprint density at radius 3 is 2.78 bits per heavy atom. The number of oxime groups is 1. The van der Waals surface area contributed by atoms with Crippen LogP contribution in [0.15, 0.2) is 51.8 Å². The van der Waals surface area contributed by atoms with Crippen LogP contribution in [0.2, 0.25) is 0 Å². The second-order valence-corrected chi connectivity index (χ2v) is 9.40. The van der Waals surface area contributed by atoms with Crippen molar-refractivity contribution in [3.63, 3.8) is 0 Å². The van der Waals surface area contributed by atoms with Gasteiger partial charge < -0.3 is 30.7 Å². The molecule has 15 nitrogen and oxygen atoms in total. The van der Waals surface area contributed by atoms with Gasteiger partial charge in [-0.05, 0) is 0 Å². The molecule has 184 valence electrons. The van der Waals surface area contributed by atoms with E-state index in [1.165, 1.54) is 18.1 Å². The van der Waals surface area contributed by atoms with Gasteiger partial charge in [0.05, 0.1) is 17.2 Å². The third-order valence-electron chi connectivity index (χ3n) is 5.37. The van der Waals surface area contributed by atoms with Crippen molar-refractivity contribution in [2.24, 2.45) is 5.16 Å². The third kappa shape index (κ3) is 4.13. The maximum absolute atomic E-state index is 12.9. The normalized spacial score (nSPS) is 19.6. The SMILES string of the molecule is Nc1nc(C(=NO)C(=O)N[C@@H]2C(=O)N3C(C(=O)[O-])=C(C[n+]4ccc(-c5ncno5)cc4)CS[C@@H]23)ns1. The Kier molecular flexibility index (Phi) is 6.06. The van der Waals surface area contributed by atoms with Gasteiger partial charge >= 0.3 is 0 Å². The number of carboxylic acids is 1. The Hall–Kier alpha value is -4.38. The number of thioether (sulfide) groups is 1. The van der Waals surface area contributed by atoms with E-state index < -0.39 is 34.9 Å². The number of anilines is 1. The average molecular weight is 530 g/mol. The highest BCUT2D eigenvalue weighted by atomic mass is 32.2. The first-order valence-electron chi connectivity index (χ1n) is 10.1. The minimum atomic E-state index is -1.50. The van der Waals surface area contributed by atoms with Gasteiger partial charge in [-0.15, -0.1) is 11.8 Å². The van der Waals surface area contributed by atoms with Crippen LogP contribution in [0.4, 0.5) is 5.13 Å². The first-order valence-corrected chi connectivity index (χ1v) is 12.0. The number of carbonyl (C=O) groups is 3. The molecular weight excluding hydrogens is 514 g/mol. The van der Waals surface area contributed by atoms with Gasteiger partial charge in [0.1, 0.15) is 11.4 Å². The van der Waals surface area contributed by atoms with Gasteiger partial charge in [0.15, 0.2) is 30.4 Å². The summed E-state index contributed by atoms with van der Waals surface area (Å²) in [4.78, 5) is 46.3. The van der Waals surface area contributed by atoms with Crippen LogP contribution in [0.1, 0.15) is 5.82 Å². The van der Waals surface area contributed by atoms with E-state index in [0.29, 0.717) is 17.0 Å². The third-order valence-corrected chi connectivity index (χ3v) is 7.25. The lowest BCUT2D eigenvalue weighted by atomic mass is 10.0. The molecule has 5 rings (SSSR count). The summed E-state index contributed by atoms with van der Waals surface area (Å²) in [7, 11) is 0. The lowest BCUT2D eigenvalue weighted by molar-refractivity contribution is -0.689. The number of carboxylic acid groups (broad SMARTS) is 1. The van der Waals surface area contributed by atoms with Crippen molar-refractivity contribution in [1.29, 1.82) is 0 Å². The van der Waals surface area contributed by atoms with E-state index in [2.05, 4.69) is 30.0 Å². The van der Waals surface area contributed by atoms with Gasteiger partial charge in [-0.3, -0.25) is 14.5 Å². The monoisotopic (exact) mass is 529 g/mol. The molecular formula is C19H15N9O6S2. The molecule has 3 aromatic heterocycles. The summed E-state index contributed by atoms with van der Waals surface area (Å²) in [5.74, 6) is -2.63. The van der Waals surface area contributed by atoms with Crippen molar-refractivity contribution in [2.75, 3.05) is 11.5 Å². The van der Waals surface area contributed by atoms with Crippen LogP contribution in [0, 0.1) is 0 Å². The average Bonchev–Trinajstić information content (AvgIpc) is 3.55. The van der Waals surface area contributed by atoms with E-state index in [4.69, 9.17) is 10.3 Å². The number of pyridine rings is 1. The molecule has 2 aliphatic heterocycles. The van der Waals surface area contributed by atoms with Gasteiger partial charge in [-0.1, -0.05) is 10.3 Å². The number of nitrogen functional groups attached to an aromatic ring is 1. The number of hydrogen-bond donors (Lipinski definition) is 3. The summed E-state index contributed by atoms with van der Waals surface area (Å²) in [6.45, 7) is 0.187. The van der Waals surface area contributed by atoms with Crippen molar-refractivity contribution in [2.45, 2.75) is 18.0 Å². The number of aromatic nitrogens is 5. The van der Waals surface area contributed by atoms with Crippen LogP contribution in [0.25, 0.3) is 11.5 Å². The molecule has 4 N–H and O–H groups in total. The summed E-state index contributed by atoms with van der Waals surface area (Å²) in [5, 5.41) is 29.5. The first-order chi connectivity index (χ1) is 17.4. The molecule has 5 heterocycles. The van der Waals surface area contributed by atoms with Gasteiger partial charge in [-0.25, -0.2) is 4.57 Å². The topological polar surface area (TPSA) is 217 Å². The smallest absolute Gasteiger partial charge is 0.278 e. The largest absolute Gasteiger partial charge is 0.543 e. The zero-order valence-corrected chi connectivity index (χ0v) is 19.6. The number of nitrogens with zero attached hydrogens (tertiary/aromatic N) is 7. The van der Waals surface area contributed by atoms with Gasteiger partial charge in [0.25, 0.3) is 17.7 Å². The number of β-lactam (4-membered cyclic amide) rings is 1. The van der Waals surface area contributed by atoms with Gasteiger partial charge in [0, 0.05) is 35.0 Å². The fraction of sp³-hybridized carbons (Fsp3) is 0.211. The Labute approximate surface area is 209 Å². The van der Waals surface area contributed by atoms with E-state index in [0.717, 1.165) is 16.4 Å². The maximum atomic E-state index is 12.9. The maximum Gasteiger partial charge on any atom is 0.278 e. The van der Waals surface area contributed by atoms with Crippen LogP contribution in [0.3, 0.4) is 0 Å². The van der Waals surface area contributed by atoms with Crippen LogP contribution >= 0.6 is 23.3 Å². The molecule has 36 heavy (non-hydrogen) atoms. The Bertz CT molecular complexity index is 1400. The van der Waals surface area contributed by atoms with E-state index >= 15 is 0 Å². The molecule has 17 heteroatoms. The number of nitrogens with one attached hydrogen (secondary N) is 1. The highest BCUT2D eigenvalue weighted by molar-refractivity contribution is 8.00. The fourth-order valence-electron chi connectivity index (χ4n) is 3.75. The number of carbonyl (C=O) groups excluding carboxylic acids is 3. The van der Waals surface area contributed by atoms with Crippen LogP contribution in [-0.2, 0) is 20.9 Å². The molecule has 0 saturated carbocycles. The molecule has 2 amide bonds. The van der Waals surface area contributed by atoms with Gasteiger partial charge in [0.2, 0.25) is 11.5 Å². The molecule has 1 fully saturated rings.